The molecule has 1 saturated carbocycles. The number of amides is 1. The van der Waals surface area contributed by atoms with E-state index in [-0.39, 0.29) is 24.4 Å². The Labute approximate surface area is 113 Å². The van der Waals surface area contributed by atoms with Gasteiger partial charge in [0.25, 0.3) is 5.91 Å². The molecule has 1 aromatic carbocycles. The van der Waals surface area contributed by atoms with Crippen LogP contribution in [0.3, 0.4) is 0 Å². The van der Waals surface area contributed by atoms with E-state index in [2.05, 4.69) is 5.32 Å². The first-order chi connectivity index (χ1) is 9.15. The summed E-state index contributed by atoms with van der Waals surface area (Å²) in [6.07, 6.45) is 5.70. The zero-order chi connectivity index (χ0) is 13.7. The van der Waals surface area contributed by atoms with Crippen LogP contribution in [0.2, 0.25) is 0 Å². The number of halogens is 1. The Bertz CT molecular complexity index is 442. The van der Waals surface area contributed by atoms with Crippen molar-refractivity contribution >= 4 is 5.91 Å². The van der Waals surface area contributed by atoms with E-state index >= 15 is 0 Å². The van der Waals surface area contributed by atoms with E-state index in [4.69, 9.17) is 4.74 Å². The van der Waals surface area contributed by atoms with Crippen molar-refractivity contribution < 1.29 is 13.9 Å². The van der Waals surface area contributed by atoms with Crippen LogP contribution in [0.5, 0.6) is 5.75 Å². The van der Waals surface area contributed by atoms with E-state index < -0.39 is 0 Å². The predicted octanol–water partition coefficient (Wildman–Crippen LogP) is 2.96. The lowest BCUT2D eigenvalue weighted by atomic mass is 9.95. The second kappa shape index (κ2) is 6.55. The molecule has 0 aromatic heterocycles. The first-order valence-electron chi connectivity index (χ1n) is 6.83. The summed E-state index contributed by atoms with van der Waals surface area (Å²) in [5.74, 6) is -0.0556. The van der Waals surface area contributed by atoms with Crippen molar-refractivity contribution in [3.63, 3.8) is 0 Å². The van der Waals surface area contributed by atoms with Crippen LogP contribution in [0.25, 0.3) is 0 Å². The maximum absolute atomic E-state index is 13.3. The van der Waals surface area contributed by atoms with Crippen LogP contribution in [0, 0.1) is 12.7 Å². The number of carbonyl (C=O) groups is 1. The molecule has 2 rings (SSSR count). The molecule has 1 fully saturated rings. The second-order valence-corrected chi connectivity index (χ2v) is 5.10. The van der Waals surface area contributed by atoms with Crippen LogP contribution in [0.1, 0.15) is 37.7 Å². The van der Waals surface area contributed by atoms with Crippen molar-refractivity contribution in [2.24, 2.45) is 0 Å². The third kappa shape index (κ3) is 4.23. The lowest BCUT2D eigenvalue weighted by Gasteiger charge is -2.22. The first-order valence-corrected chi connectivity index (χ1v) is 6.83. The molecule has 1 aliphatic carbocycles. The summed E-state index contributed by atoms with van der Waals surface area (Å²) in [6, 6.07) is 4.90. The number of hydrogen-bond donors (Lipinski definition) is 1. The molecule has 0 spiro atoms. The quantitative estimate of drug-likeness (QED) is 0.909. The first kappa shape index (κ1) is 13.8. The van der Waals surface area contributed by atoms with E-state index in [0.717, 1.165) is 12.8 Å². The molecular formula is C15H20FNO2. The molecule has 0 aliphatic heterocycles. The molecule has 19 heavy (non-hydrogen) atoms. The maximum Gasteiger partial charge on any atom is 0.258 e. The number of rotatable bonds is 4. The fourth-order valence-corrected chi connectivity index (χ4v) is 2.33. The summed E-state index contributed by atoms with van der Waals surface area (Å²) in [6.45, 7) is 1.63. The third-order valence-electron chi connectivity index (χ3n) is 3.48. The lowest BCUT2D eigenvalue weighted by Crippen LogP contribution is -2.38. The molecule has 1 N–H and O–H groups in total. The van der Waals surface area contributed by atoms with Gasteiger partial charge in [-0.25, -0.2) is 4.39 Å². The molecule has 1 aliphatic rings. The lowest BCUT2D eigenvalue weighted by molar-refractivity contribution is -0.124. The molecule has 3 nitrogen and oxygen atoms in total. The van der Waals surface area contributed by atoms with Gasteiger partial charge in [-0.3, -0.25) is 4.79 Å². The Hall–Kier alpha value is -1.58. The van der Waals surface area contributed by atoms with Crippen molar-refractivity contribution in [1.82, 2.24) is 5.32 Å². The normalized spacial score (nSPS) is 16.1. The highest BCUT2D eigenvalue weighted by Gasteiger charge is 2.15. The number of aryl methyl sites for hydroxylation is 1. The average Bonchev–Trinajstić information content (AvgIpc) is 2.41. The molecule has 0 atom stereocenters. The van der Waals surface area contributed by atoms with Crippen LogP contribution in [0.4, 0.5) is 4.39 Å². The summed E-state index contributed by atoms with van der Waals surface area (Å²) in [5.41, 5.74) is 0.569. The summed E-state index contributed by atoms with van der Waals surface area (Å²) in [4.78, 5) is 11.7. The van der Waals surface area contributed by atoms with Crippen LogP contribution in [-0.4, -0.2) is 18.6 Å². The molecular weight excluding hydrogens is 245 g/mol. The summed E-state index contributed by atoms with van der Waals surface area (Å²) >= 11 is 0. The fraction of sp³-hybridized carbons (Fsp3) is 0.533. The van der Waals surface area contributed by atoms with Crippen molar-refractivity contribution in [2.45, 2.75) is 45.1 Å². The summed E-state index contributed by atoms with van der Waals surface area (Å²) in [5, 5.41) is 2.96. The van der Waals surface area contributed by atoms with Gasteiger partial charge in [-0.05, 0) is 31.4 Å². The van der Waals surface area contributed by atoms with E-state index in [0.29, 0.717) is 11.3 Å². The number of benzene rings is 1. The molecule has 0 heterocycles. The van der Waals surface area contributed by atoms with E-state index in [1.54, 1.807) is 19.1 Å². The molecule has 4 heteroatoms. The average molecular weight is 265 g/mol. The Morgan fingerprint density at radius 3 is 2.79 bits per heavy atom. The van der Waals surface area contributed by atoms with Crippen LogP contribution >= 0.6 is 0 Å². The minimum Gasteiger partial charge on any atom is -0.484 e. The van der Waals surface area contributed by atoms with Gasteiger partial charge in [0.05, 0.1) is 0 Å². The van der Waals surface area contributed by atoms with E-state index in [9.17, 15) is 9.18 Å². The number of nitrogens with one attached hydrogen (secondary N) is 1. The Balaban J connectivity index is 1.77. The molecule has 1 amide bonds. The minimum atomic E-state index is -0.315. The molecule has 0 radical (unpaired) electrons. The zero-order valence-corrected chi connectivity index (χ0v) is 11.2. The van der Waals surface area contributed by atoms with Gasteiger partial charge in [-0.2, -0.15) is 0 Å². The van der Waals surface area contributed by atoms with Crippen LogP contribution < -0.4 is 10.1 Å². The van der Waals surface area contributed by atoms with Gasteiger partial charge in [-0.1, -0.05) is 25.3 Å². The minimum absolute atomic E-state index is 0.0565. The predicted molar refractivity (Wildman–Crippen MR) is 71.6 cm³/mol. The van der Waals surface area contributed by atoms with Crippen molar-refractivity contribution in [1.29, 1.82) is 0 Å². The molecule has 104 valence electrons. The van der Waals surface area contributed by atoms with Crippen LogP contribution in [-0.2, 0) is 4.79 Å². The largest absolute Gasteiger partial charge is 0.484 e. The Morgan fingerprint density at radius 1 is 1.37 bits per heavy atom. The van der Waals surface area contributed by atoms with Crippen molar-refractivity contribution in [2.75, 3.05) is 6.61 Å². The van der Waals surface area contributed by atoms with Gasteiger partial charge in [0.1, 0.15) is 11.6 Å². The number of ether oxygens (including phenoxy) is 1. The standard InChI is InChI=1S/C15H20FNO2/c1-11-7-8-13(9-14(11)16)19-10-15(18)17-12-5-3-2-4-6-12/h7-9,12H,2-6,10H2,1H3,(H,17,18). The van der Waals surface area contributed by atoms with Gasteiger partial charge >= 0.3 is 0 Å². The smallest absolute Gasteiger partial charge is 0.258 e. The Kier molecular flexibility index (Phi) is 4.77. The van der Waals surface area contributed by atoms with E-state index in [1.165, 1.54) is 25.3 Å². The Morgan fingerprint density at radius 2 is 2.11 bits per heavy atom. The van der Waals surface area contributed by atoms with Gasteiger partial charge in [0, 0.05) is 12.1 Å². The topological polar surface area (TPSA) is 38.3 Å². The van der Waals surface area contributed by atoms with Gasteiger partial charge < -0.3 is 10.1 Å². The number of carbonyl (C=O) groups excluding carboxylic acids is 1. The van der Waals surface area contributed by atoms with Gasteiger partial charge in [0.2, 0.25) is 0 Å². The highest BCUT2D eigenvalue weighted by molar-refractivity contribution is 5.77. The van der Waals surface area contributed by atoms with Crippen molar-refractivity contribution in [3.8, 4) is 5.75 Å². The third-order valence-corrected chi connectivity index (χ3v) is 3.48. The summed E-state index contributed by atoms with van der Waals surface area (Å²) in [7, 11) is 0. The molecule has 0 unspecified atom stereocenters. The summed E-state index contributed by atoms with van der Waals surface area (Å²) < 4.78 is 18.6. The van der Waals surface area contributed by atoms with Gasteiger partial charge in [0.15, 0.2) is 6.61 Å². The van der Waals surface area contributed by atoms with Crippen molar-refractivity contribution in [3.05, 3.63) is 29.6 Å². The number of hydrogen-bond acceptors (Lipinski definition) is 2. The molecule has 0 bridgehead atoms. The highest BCUT2D eigenvalue weighted by atomic mass is 19.1. The monoisotopic (exact) mass is 265 g/mol. The second-order valence-electron chi connectivity index (χ2n) is 5.10. The SMILES string of the molecule is Cc1ccc(OCC(=O)NC2CCCCC2)cc1F. The van der Waals surface area contributed by atoms with Gasteiger partial charge in [-0.15, -0.1) is 0 Å². The fourth-order valence-electron chi connectivity index (χ4n) is 2.33. The molecule has 1 aromatic rings. The maximum atomic E-state index is 13.3. The highest BCUT2D eigenvalue weighted by Crippen LogP contribution is 2.18. The van der Waals surface area contributed by atoms with E-state index in [1.807, 2.05) is 0 Å². The molecule has 0 saturated heterocycles. The zero-order valence-electron chi connectivity index (χ0n) is 11.2. The van der Waals surface area contributed by atoms with Crippen LogP contribution in [0.15, 0.2) is 18.2 Å².